The number of aromatic nitrogens is 6. The maximum Gasteiger partial charge on any atom is 0.326 e. The summed E-state index contributed by atoms with van der Waals surface area (Å²) in [6.45, 7) is 2.98. The first kappa shape index (κ1) is 18.7. The van der Waals surface area contributed by atoms with Crippen LogP contribution in [0, 0.1) is 0 Å². The molecule has 3 aromatic rings. The summed E-state index contributed by atoms with van der Waals surface area (Å²) in [5, 5.41) is 13.8. The standard InChI is InChI=1S/C14H17N7O5S/c1-3-26-5-4-15-12-20-14(27(2,24)25)18-10-8(7-16-21(10)12)6-9-11(22)19-13(23)17-9/h6-7,22H,3-5H2,1-2H3,(H2,17,19,23)/b8-6-,15-12?. The number of nitrogens with one attached hydrogen (secondary N) is 2. The Balaban J connectivity index is 2.24. The maximum atomic E-state index is 11.9. The van der Waals surface area contributed by atoms with E-state index in [1.54, 1.807) is 0 Å². The minimum atomic E-state index is -3.71. The molecule has 0 aliphatic carbocycles. The van der Waals surface area contributed by atoms with Crippen LogP contribution in [0.2, 0.25) is 0 Å². The van der Waals surface area contributed by atoms with E-state index in [9.17, 15) is 18.3 Å². The van der Waals surface area contributed by atoms with E-state index in [1.807, 2.05) is 6.92 Å². The number of rotatable bonds is 6. The predicted molar refractivity (Wildman–Crippen MR) is 92.7 cm³/mol. The minimum absolute atomic E-state index is 0.0477. The Morgan fingerprint density at radius 1 is 1.37 bits per heavy atom. The quantitative estimate of drug-likeness (QED) is 0.393. The number of aromatic hydroxyl groups is 1. The molecule has 0 aliphatic rings. The fourth-order valence-electron chi connectivity index (χ4n) is 2.23. The van der Waals surface area contributed by atoms with E-state index in [2.05, 4.69) is 30.0 Å². The van der Waals surface area contributed by atoms with Crippen molar-refractivity contribution in [3.05, 3.63) is 33.2 Å². The lowest BCUT2D eigenvalue weighted by Crippen LogP contribution is -2.26. The fraction of sp³-hybridized carbons (Fsp3) is 0.357. The van der Waals surface area contributed by atoms with E-state index in [0.717, 1.165) is 6.26 Å². The molecular formula is C14H17N7O5S. The molecule has 144 valence electrons. The lowest BCUT2D eigenvalue weighted by atomic mass is 10.3. The largest absolute Gasteiger partial charge is 0.493 e. The molecule has 3 rings (SSSR count). The van der Waals surface area contributed by atoms with Crippen LogP contribution in [-0.2, 0) is 14.6 Å². The van der Waals surface area contributed by atoms with E-state index >= 15 is 0 Å². The Morgan fingerprint density at radius 2 is 2.15 bits per heavy atom. The maximum absolute atomic E-state index is 11.9. The van der Waals surface area contributed by atoms with Gasteiger partial charge in [0.25, 0.3) is 10.8 Å². The summed E-state index contributed by atoms with van der Waals surface area (Å²) in [4.78, 5) is 28.1. The third-order valence-corrected chi connectivity index (χ3v) is 4.26. The molecule has 3 heterocycles. The minimum Gasteiger partial charge on any atom is -0.493 e. The van der Waals surface area contributed by atoms with Gasteiger partial charge in [0.05, 0.1) is 19.3 Å². The summed E-state index contributed by atoms with van der Waals surface area (Å²) >= 11 is 0. The smallest absolute Gasteiger partial charge is 0.326 e. The van der Waals surface area contributed by atoms with Crippen LogP contribution in [0.25, 0.3) is 11.7 Å². The van der Waals surface area contributed by atoms with Gasteiger partial charge in [-0.2, -0.15) is 19.6 Å². The van der Waals surface area contributed by atoms with E-state index in [4.69, 9.17) is 4.74 Å². The van der Waals surface area contributed by atoms with Crippen molar-refractivity contribution in [1.82, 2.24) is 29.5 Å². The second-order valence-corrected chi connectivity index (χ2v) is 7.39. The van der Waals surface area contributed by atoms with Gasteiger partial charge in [-0.3, -0.25) is 4.98 Å². The molecule has 0 unspecified atom stereocenters. The summed E-state index contributed by atoms with van der Waals surface area (Å²) in [6.07, 6.45) is 3.78. The molecule has 0 spiro atoms. The van der Waals surface area contributed by atoms with Gasteiger partial charge >= 0.3 is 5.69 Å². The van der Waals surface area contributed by atoms with Crippen molar-refractivity contribution >= 4 is 21.6 Å². The third kappa shape index (κ3) is 4.03. The Hall–Kier alpha value is -3.06. The zero-order chi connectivity index (χ0) is 19.6. The highest BCUT2D eigenvalue weighted by molar-refractivity contribution is 7.90. The van der Waals surface area contributed by atoms with Crippen LogP contribution in [0.3, 0.4) is 0 Å². The molecule has 0 radical (unpaired) electrons. The molecule has 27 heavy (non-hydrogen) atoms. The van der Waals surface area contributed by atoms with Gasteiger partial charge in [0.2, 0.25) is 15.7 Å². The highest BCUT2D eigenvalue weighted by Crippen LogP contribution is 2.07. The first-order valence-corrected chi connectivity index (χ1v) is 9.76. The van der Waals surface area contributed by atoms with Gasteiger partial charge in [-0.15, -0.1) is 0 Å². The van der Waals surface area contributed by atoms with Gasteiger partial charge in [0.1, 0.15) is 5.69 Å². The van der Waals surface area contributed by atoms with Crippen LogP contribution < -0.4 is 16.5 Å². The van der Waals surface area contributed by atoms with Crippen LogP contribution in [0.4, 0.5) is 0 Å². The normalized spacial score (nSPS) is 13.7. The highest BCUT2D eigenvalue weighted by Gasteiger charge is 2.15. The monoisotopic (exact) mass is 395 g/mol. The topological polar surface area (TPSA) is 168 Å². The fourth-order valence-corrected chi connectivity index (χ4v) is 2.73. The third-order valence-electron chi connectivity index (χ3n) is 3.42. The van der Waals surface area contributed by atoms with Gasteiger partial charge in [0, 0.05) is 18.1 Å². The molecule has 3 aromatic heterocycles. The Morgan fingerprint density at radius 3 is 2.78 bits per heavy atom. The summed E-state index contributed by atoms with van der Waals surface area (Å²) in [6, 6.07) is 0. The number of aromatic amines is 2. The van der Waals surface area contributed by atoms with Crippen LogP contribution in [0.5, 0.6) is 5.88 Å². The number of fused-ring (bicyclic) bond motifs is 1. The van der Waals surface area contributed by atoms with E-state index in [-0.39, 0.29) is 29.4 Å². The molecule has 12 nitrogen and oxygen atoms in total. The molecule has 0 saturated carbocycles. The van der Waals surface area contributed by atoms with Crippen LogP contribution >= 0.6 is 0 Å². The average molecular weight is 395 g/mol. The van der Waals surface area contributed by atoms with Crippen molar-refractivity contribution in [2.24, 2.45) is 4.99 Å². The summed E-state index contributed by atoms with van der Waals surface area (Å²) < 4.78 is 30.3. The number of hydrogen-bond acceptors (Lipinski definition) is 9. The second-order valence-electron chi connectivity index (χ2n) is 5.48. The molecule has 3 N–H and O–H groups in total. The number of imidazole rings is 1. The first-order valence-electron chi connectivity index (χ1n) is 7.86. The van der Waals surface area contributed by atoms with Crippen LogP contribution in [0.1, 0.15) is 12.6 Å². The van der Waals surface area contributed by atoms with Crippen LogP contribution in [-0.4, -0.2) is 69.1 Å². The van der Waals surface area contributed by atoms with Crippen molar-refractivity contribution in [3.8, 4) is 5.88 Å². The van der Waals surface area contributed by atoms with E-state index < -0.39 is 20.7 Å². The highest BCUT2D eigenvalue weighted by atomic mass is 32.2. The van der Waals surface area contributed by atoms with E-state index in [0.29, 0.717) is 18.4 Å². The van der Waals surface area contributed by atoms with Gasteiger partial charge in [-0.05, 0) is 13.0 Å². The summed E-state index contributed by atoms with van der Waals surface area (Å²) in [7, 11) is -3.71. The predicted octanol–water partition coefficient (Wildman–Crippen LogP) is -2.27. The SMILES string of the molecule is CCOCCN=c1nc(S(C)(=O)=O)nc2/c(=C\c3[nH]c(=O)[nH]c3O)cnn12. The van der Waals surface area contributed by atoms with E-state index in [1.165, 1.54) is 16.8 Å². The summed E-state index contributed by atoms with van der Waals surface area (Å²) in [5.74, 6) is -0.363. The second kappa shape index (κ2) is 7.28. The molecule has 0 saturated heterocycles. The number of hydrogen-bond donors (Lipinski definition) is 3. The molecule has 0 fully saturated rings. The number of H-pyrrole nitrogens is 2. The molecular weight excluding hydrogens is 378 g/mol. The summed E-state index contributed by atoms with van der Waals surface area (Å²) in [5.41, 5.74) is -0.286. The zero-order valence-electron chi connectivity index (χ0n) is 14.5. The Bertz CT molecular complexity index is 1260. The van der Waals surface area contributed by atoms with Gasteiger partial charge in [-0.1, -0.05) is 0 Å². The zero-order valence-corrected chi connectivity index (χ0v) is 15.3. The van der Waals surface area contributed by atoms with Crippen molar-refractivity contribution < 1.29 is 18.3 Å². The van der Waals surface area contributed by atoms with Crippen molar-refractivity contribution in [3.63, 3.8) is 0 Å². The lowest BCUT2D eigenvalue weighted by Gasteiger charge is -2.00. The van der Waals surface area contributed by atoms with Crippen molar-refractivity contribution in [2.45, 2.75) is 12.1 Å². The average Bonchev–Trinajstić information content (AvgIpc) is 3.14. The molecule has 0 aliphatic heterocycles. The molecule has 0 atom stereocenters. The molecule has 0 amide bonds. The van der Waals surface area contributed by atoms with Crippen LogP contribution in [0.15, 0.2) is 21.1 Å². The van der Waals surface area contributed by atoms with Gasteiger partial charge in [-0.25, -0.2) is 18.2 Å². The number of ether oxygens (including phenoxy) is 1. The molecule has 0 bridgehead atoms. The Kier molecular flexibility index (Phi) is 5.05. The lowest BCUT2D eigenvalue weighted by molar-refractivity contribution is 0.155. The number of sulfone groups is 1. The van der Waals surface area contributed by atoms with Crippen molar-refractivity contribution in [1.29, 1.82) is 0 Å². The van der Waals surface area contributed by atoms with Crippen molar-refractivity contribution in [2.75, 3.05) is 26.0 Å². The molecule has 13 heteroatoms. The van der Waals surface area contributed by atoms with Gasteiger partial charge < -0.3 is 14.8 Å². The first-order chi connectivity index (χ1) is 12.8. The number of nitrogens with zero attached hydrogens (tertiary/aromatic N) is 5. The Labute approximate surface area is 152 Å². The van der Waals surface area contributed by atoms with Gasteiger partial charge in [0.15, 0.2) is 5.65 Å². The molecule has 0 aromatic carbocycles.